The van der Waals surface area contributed by atoms with Crippen LogP contribution in [0.25, 0.3) is 0 Å². The first-order valence-corrected chi connectivity index (χ1v) is 6.29. The Morgan fingerprint density at radius 3 is 2.47 bits per heavy atom. The minimum Gasteiger partial charge on any atom is -0.497 e. The summed E-state index contributed by atoms with van der Waals surface area (Å²) in [5.41, 5.74) is 6.56. The van der Waals surface area contributed by atoms with E-state index >= 15 is 0 Å². The normalized spacial score (nSPS) is 13.8. The maximum Gasteiger partial charge on any atom is 0.119 e. The number of aliphatic hydroxyl groups is 1. The summed E-state index contributed by atoms with van der Waals surface area (Å²) in [5.74, 6) is 0.782. The van der Waals surface area contributed by atoms with Crippen molar-refractivity contribution >= 4 is 0 Å². The van der Waals surface area contributed by atoms with Crippen molar-refractivity contribution < 1.29 is 9.84 Å². The van der Waals surface area contributed by atoms with Crippen LogP contribution in [0.2, 0.25) is 0 Å². The quantitative estimate of drug-likeness (QED) is 0.862. The minimum atomic E-state index is -1.05. The van der Waals surface area contributed by atoms with Gasteiger partial charge in [0.2, 0.25) is 0 Å². The molecule has 0 aromatic heterocycles. The zero-order chi connectivity index (χ0) is 13.7. The number of nitrogens with two attached hydrogens (primary N) is 1. The van der Waals surface area contributed by atoms with Crippen molar-refractivity contribution in [2.24, 2.45) is 5.73 Å². The fourth-order valence-electron chi connectivity index (χ4n) is 2.16. The van der Waals surface area contributed by atoms with Crippen molar-refractivity contribution in [1.29, 1.82) is 0 Å². The summed E-state index contributed by atoms with van der Waals surface area (Å²) in [6, 6.07) is 17.2. The summed E-state index contributed by atoms with van der Waals surface area (Å²) in [6.45, 7) is 0.175. The molecule has 3 nitrogen and oxygen atoms in total. The fourth-order valence-corrected chi connectivity index (χ4v) is 2.16. The number of ether oxygens (including phenoxy) is 1. The molecular weight excluding hydrogens is 238 g/mol. The lowest BCUT2D eigenvalue weighted by Gasteiger charge is -2.27. The van der Waals surface area contributed by atoms with Crippen molar-refractivity contribution in [2.45, 2.75) is 12.0 Å². The lowest BCUT2D eigenvalue weighted by Crippen LogP contribution is -2.37. The van der Waals surface area contributed by atoms with Crippen molar-refractivity contribution in [3.63, 3.8) is 0 Å². The summed E-state index contributed by atoms with van der Waals surface area (Å²) in [7, 11) is 1.63. The standard InChI is InChI=1S/C16H19NO2/c1-19-15-9-5-6-13(10-15)11-16(18,12-17)14-7-3-2-4-8-14/h2-10,18H,11-12,17H2,1H3. The van der Waals surface area contributed by atoms with Gasteiger partial charge in [0.1, 0.15) is 11.4 Å². The van der Waals surface area contributed by atoms with E-state index in [0.717, 1.165) is 16.9 Å². The van der Waals surface area contributed by atoms with Crippen LogP contribution < -0.4 is 10.5 Å². The van der Waals surface area contributed by atoms with E-state index in [4.69, 9.17) is 10.5 Å². The van der Waals surface area contributed by atoms with Gasteiger partial charge in [0.15, 0.2) is 0 Å². The SMILES string of the molecule is COc1cccc(CC(O)(CN)c2ccccc2)c1. The molecule has 1 atom stereocenters. The molecule has 2 aromatic rings. The second-order valence-electron chi connectivity index (χ2n) is 4.63. The van der Waals surface area contributed by atoms with Gasteiger partial charge in [-0.3, -0.25) is 0 Å². The molecule has 2 rings (SSSR count). The molecule has 0 saturated heterocycles. The zero-order valence-corrected chi connectivity index (χ0v) is 11.0. The summed E-state index contributed by atoms with van der Waals surface area (Å²) in [4.78, 5) is 0. The van der Waals surface area contributed by atoms with E-state index in [1.165, 1.54) is 0 Å². The first-order chi connectivity index (χ1) is 9.18. The maximum atomic E-state index is 10.7. The van der Waals surface area contributed by atoms with Gasteiger partial charge >= 0.3 is 0 Å². The van der Waals surface area contributed by atoms with Gasteiger partial charge in [0.25, 0.3) is 0 Å². The van der Waals surface area contributed by atoms with Gasteiger partial charge in [-0.25, -0.2) is 0 Å². The van der Waals surface area contributed by atoms with Gasteiger partial charge in [0.05, 0.1) is 7.11 Å². The Kier molecular flexibility index (Phi) is 4.20. The summed E-state index contributed by atoms with van der Waals surface area (Å²) >= 11 is 0. The first kappa shape index (κ1) is 13.6. The van der Waals surface area contributed by atoms with Crippen LogP contribution in [0.1, 0.15) is 11.1 Å². The van der Waals surface area contributed by atoms with Gasteiger partial charge in [-0.1, -0.05) is 42.5 Å². The van der Waals surface area contributed by atoms with Gasteiger partial charge in [-0.15, -0.1) is 0 Å². The van der Waals surface area contributed by atoms with Gasteiger partial charge in [-0.05, 0) is 23.3 Å². The predicted molar refractivity (Wildman–Crippen MR) is 76.1 cm³/mol. The number of benzene rings is 2. The third-order valence-electron chi connectivity index (χ3n) is 3.28. The van der Waals surface area contributed by atoms with E-state index in [0.29, 0.717) is 6.42 Å². The number of hydrogen-bond acceptors (Lipinski definition) is 3. The average molecular weight is 257 g/mol. The van der Waals surface area contributed by atoms with Gasteiger partial charge in [-0.2, -0.15) is 0 Å². The van der Waals surface area contributed by atoms with Crippen LogP contribution in [0.4, 0.5) is 0 Å². The van der Waals surface area contributed by atoms with Crippen LogP contribution in [0.15, 0.2) is 54.6 Å². The molecule has 0 aliphatic rings. The lowest BCUT2D eigenvalue weighted by atomic mass is 9.87. The molecule has 0 aliphatic carbocycles. The smallest absolute Gasteiger partial charge is 0.119 e. The first-order valence-electron chi connectivity index (χ1n) is 6.29. The summed E-state index contributed by atoms with van der Waals surface area (Å²) in [6.07, 6.45) is 0.463. The maximum absolute atomic E-state index is 10.7. The highest BCUT2D eigenvalue weighted by atomic mass is 16.5. The third-order valence-corrected chi connectivity index (χ3v) is 3.28. The van der Waals surface area contributed by atoms with Gasteiger partial charge < -0.3 is 15.6 Å². The summed E-state index contributed by atoms with van der Waals surface area (Å²) in [5, 5.41) is 10.7. The van der Waals surface area contributed by atoms with E-state index in [9.17, 15) is 5.11 Å². The average Bonchev–Trinajstić information content (AvgIpc) is 2.48. The van der Waals surface area contributed by atoms with E-state index in [1.54, 1.807) is 7.11 Å². The molecule has 0 radical (unpaired) electrons. The number of rotatable bonds is 5. The molecule has 3 N–H and O–H groups in total. The highest BCUT2D eigenvalue weighted by molar-refractivity contribution is 5.32. The molecular formula is C16H19NO2. The van der Waals surface area contributed by atoms with Crippen molar-refractivity contribution in [3.05, 3.63) is 65.7 Å². The van der Waals surface area contributed by atoms with E-state index in [1.807, 2.05) is 54.6 Å². The minimum absolute atomic E-state index is 0.175. The molecule has 3 heteroatoms. The molecule has 0 fully saturated rings. The Morgan fingerprint density at radius 1 is 1.11 bits per heavy atom. The Labute approximate surface area is 113 Å². The molecule has 0 heterocycles. The van der Waals surface area contributed by atoms with E-state index < -0.39 is 5.60 Å². The van der Waals surface area contributed by atoms with Crippen LogP contribution in [0.3, 0.4) is 0 Å². The second-order valence-corrected chi connectivity index (χ2v) is 4.63. The molecule has 0 amide bonds. The van der Waals surface area contributed by atoms with Crippen LogP contribution in [-0.4, -0.2) is 18.8 Å². The van der Waals surface area contributed by atoms with Crippen LogP contribution in [-0.2, 0) is 12.0 Å². The van der Waals surface area contributed by atoms with Gasteiger partial charge in [0, 0.05) is 13.0 Å². The lowest BCUT2D eigenvalue weighted by molar-refractivity contribution is 0.0462. The Morgan fingerprint density at radius 2 is 1.84 bits per heavy atom. The Bertz CT molecular complexity index is 527. The van der Waals surface area contributed by atoms with E-state index in [-0.39, 0.29) is 6.54 Å². The van der Waals surface area contributed by atoms with Crippen molar-refractivity contribution in [2.75, 3.05) is 13.7 Å². The highest BCUT2D eigenvalue weighted by Gasteiger charge is 2.27. The monoisotopic (exact) mass is 257 g/mol. The topological polar surface area (TPSA) is 55.5 Å². The van der Waals surface area contributed by atoms with Crippen molar-refractivity contribution in [3.8, 4) is 5.75 Å². The Balaban J connectivity index is 2.27. The number of methoxy groups -OCH3 is 1. The molecule has 19 heavy (non-hydrogen) atoms. The zero-order valence-electron chi connectivity index (χ0n) is 11.0. The molecule has 0 bridgehead atoms. The van der Waals surface area contributed by atoms with Crippen LogP contribution in [0, 0.1) is 0 Å². The molecule has 100 valence electrons. The predicted octanol–water partition coefficient (Wildman–Crippen LogP) is 2.08. The highest BCUT2D eigenvalue weighted by Crippen LogP contribution is 2.26. The molecule has 0 aliphatic heterocycles. The molecule has 0 spiro atoms. The van der Waals surface area contributed by atoms with Crippen molar-refractivity contribution in [1.82, 2.24) is 0 Å². The van der Waals surface area contributed by atoms with Crippen LogP contribution in [0.5, 0.6) is 5.75 Å². The number of hydrogen-bond donors (Lipinski definition) is 2. The Hall–Kier alpha value is -1.84. The van der Waals surface area contributed by atoms with E-state index in [2.05, 4.69) is 0 Å². The second kappa shape index (κ2) is 5.87. The molecule has 1 unspecified atom stereocenters. The third kappa shape index (κ3) is 3.13. The molecule has 2 aromatic carbocycles. The molecule has 0 saturated carbocycles. The van der Waals surface area contributed by atoms with Crippen LogP contribution >= 0.6 is 0 Å². The fraction of sp³-hybridized carbons (Fsp3) is 0.250. The summed E-state index contributed by atoms with van der Waals surface area (Å²) < 4.78 is 5.20. The largest absolute Gasteiger partial charge is 0.497 e.